The van der Waals surface area contributed by atoms with Crippen molar-refractivity contribution in [1.82, 2.24) is 0 Å². The molecule has 0 aliphatic rings. The first-order valence-electron chi connectivity index (χ1n) is 7.24. The zero-order valence-corrected chi connectivity index (χ0v) is 12.3. The monoisotopic (exact) mass is 281 g/mol. The fourth-order valence-corrected chi connectivity index (χ4v) is 2.35. The maximum absolute atomic E-state index is 5.88. The summed E-state index contributed by atoms with van der Waals surface area (Å²) in [6, 6.07) is 18.2. The van der Waals surface area contributed by atoms with E-state index in [1.165, 1.54) is 0 Å². The van der Waals surface area contributed by atoms with Gasteiger partial charge in [0.05, 0.1) is 12.6 Å². The lowest BCUT2D eigenvalue weighted by Gasteiger charge is -2.13. The number of benzene rings is 2. The summed E-state index contributed by atoms with van der Waals surface area (Å²) >= 11 is 0. The summed E-state index contributed by atoms with van der Waals surface area (Å²) in [5, 5.41) is 4.57. The van der Waals surface area contributed by atoms with E-state index in [0.29, 0.717) is 6.61 Å². The highest BCUT2D eigenvalue weighted by Gasteiger charge is 2.11. The summed E-state index contributed by atoms with van der Waals surface area (Å²) < 4.78 is 11.3. The lowest BCUT2D eigenvalue weighted by molar-refractivity contribution is 0.340. The van der Waals surface area contributed by atoms with Crippen LogP contribution < -0.4 is 10.1 Å². The van der Waals surface area contributed by atoms with Gasteiger partial charge in [-0.25, -0.2) is 0 Å². The van der Waals surface area contributed by atoms with E-state index < -0.39 is 0 Å². The van der Waals surface area contributed by atoms with Gasteiger partial charge in [-0.2, -0.15) is 0 Å². The first-order chi connectivity index (χ1) is 10.3. The van der Waals surface area contributed by atoms with Gasteiger partial charge < -0.3 is 14.5 Å². The predicted octanol–water partition coefficient (Wildman–Crippen LogP) is 5.00. The Balaban J connectivity index is 1.74. The van der Waals surface area contributed by atoms with Crippen molar-refractivity contribution in [3.8, 4) is 5.75 Å². The topological polar surface area (TPSA) is 34.4 Å². The molecule has 0 spiro atoms. The largest absolute Gasteiger partial charge is 0.494 e. The average molecular weight is 281 g/mol. The van der Waals surface area contributed by atoms with Crippen LogP contribution in [-0.2, 0) is 0 Å². The van der Waals surface area contributed by atoms with Gasteiger partial charge in [0.1, 0.15) is 17.1 Å². The first kappa shape index (κ1) is 13.6. The molecule has 0 amide bonds. The van der Waals surface area contributed by atoms with Crippen molar-refractivity contribution in [2.45, 2.75) is 19.9 Å². The molecule has 21 heavy (non-hydrogen) atoms. The number of para-hydroxylation sites is 1. The molecule has 3 aromatic rings. The molecule has 0 fully saturated rings. The number of ether oxygens (including phenoxy) is 1. The third-order valence-corrected chi connectivity index (χ3v) is 3.42. The molecular formula is C18H19NO2. The minimum absolute atomic E-state index is 0.107. The Morgan fingerprint density at radius 3 is 2.57 bits per heavy atom. The fourth-order valence-electron chi connectivity index (χ4n) is 2.35. The van der Waals surface area contributed by atoms with Crippen LogP contribution >= 0.6 is 0 Å². The zero-order valence-electron chi connectivity index (χ0n) is 12.3. The molecule has 0 saturated heterocycles. The highest BCUT2D eigenvalue weighted by molar-refractivity contribution is 5.77. The van der Waals surface area contributed by atoms with Gasteiger partial charge in [-0.15, -0.1) is 0 Å². The molecule has 0 bridgehead atoms. The first-order valence-corrected chi connectivity index (χ1v) is 7.24. The molecule has 0 saturated carbocycles. The van der Waals surface area contributed by atoms with Crippen LogP contribution in [0.5, 0.6) is 5.75 Å². The number of anilines is 1. The van der Waals surface area contributed by atoms with Crippen LogP contribution in [0, 0.1) is 0 Å². The van der Waals surface area contributed by atoms with E-state index in [1.54, 1.807) is 0 Å². The van der Waals surface area contributed by atoms with Gasteiger partial charge in [-0.1, -0.05) is 18.2 Å². The number of fused-ring (bicyclic) bond motifs is 1. The molecule has 1 aromatic heterocycles. The lowest BCUT2D eigenvalue weighted by atomic mass is 10.2. The van der Waals surface area contributed by atoms with Gasteiger partial charge in [0.2, 0.25) is 0 Å². The minimum atomic E-state index is 0.107. The van der Waals surface area contributed by atoms with E-state index in [-0.39, 0.29) is 6.04 Å². The van der Waals surface area contributed by atoms with Gasteiger partial charge in [0.15, 0.2) is 0 Å². The van der Waals surface area contributed by atoms with Crippen LogP contribution in [0.2, 0.25) is 0 Å². The molecule has 1 unspecified atom stereocenters. The quantitative estimate of drug-likeness (QED) is 0.714. The number of hydrogen-bond donors (Lipinski definition) is 1. The third-order valence-electron chi connectivity index (χ3n) is 3.42. The maximum Gasteiger partial charge on any atom is 0.134 e. The van der Waals surface area contributed by atoms with Crippen molar-refractivity contribution < 1.29 is 9.15 Å². The van der Waals surface area contributed by atoms with E-state index in [4.69, 9.17) is 9.15 Å². The van der Waals surface area contributed by atoms with Crippen LogP contribution in [0.4, 0.5) is 5.69 Å². The normalized spacial score (nSPS) is 12.3. The molecule has 1 atom stereocenters. The Morgan fingerprint density at radius 1 is 1.10 bits per heavy atom. The van der Waals surface area contributed by atoms with Crippen molar-refractivity contribution in [1.29, 1.82) is 0 Å². The maximum atomic E-state index is 5.88. The molecule has 2 aromatic carbocycles. The molecule has 0 radical (unpaired) electrons. The Kier molecular flexibility index (Phi) is 3.82. The summed E-state index contributed by atoms with van der Waals surface area (Å²) in [6.45, 7) is 4.76. The second-order valence-electron chi connectivity index (χ2n) is 5.01. The number of hydrogen-bond acceptors (Lipinski definition) is 3. The molecule has 3 nitrogen and oxygen atoms in total. The fraction of sp³-hybridized carbons (Fsp3) is 0.222. The third kappa shape index (κ3) is 3.02. The van der Waals surface area contributed by atoms with E-state index in [9.17, 15) is 0 Å². The molecular weight excluding hydrogens is 262 g/mol. The number of rotatable bonds is 5. The Morgan fingerprint density at radius 2 is 1.86 bits per heavy atom. The van der Waals surface area contributed by atoms with Gasteiger partial charge >= 0.3 is 0 Å². The molecule has 108 valence electrons. The van der Waals surface area contributed by atoms with Crippen molar-refractivity contribution >= 4 is 16.7 Å². The second-order valence-corrected chi connectivity index (χ2v) is 5.01. The summed E-state index contributed by atoms with van der Waals surface area (Å²) in [6.07, 6.45) is 0. The van der Waals surface area contributed by atoms with Crippen LogP contribution in [0.15, 0.2) is 59.0 Å². The van der Waals surface area contributed by atoms with Crippen molar-refractivity contribution in [3.05, 3.63) is 60.4 Å². The van der Waals surface area contributed by atoms with Crippen molar-refractivity contribution in [2.75, 3.05) is 11.9 Å². The van der Waals surface area contributed by atoms with Gasteiger partial charge in [0.25, 0.3) is 0 Å². The van der Waals surface area contributed by atoms with Gasteiger partial charge in [-0.05, 0) is 50.2 Å². The Hall–Kier alpha value is -2.42. The summed E-state index contributed by atoms with van der Waals surface area (Å²) in [5.41, 5.74) is 1.97. The summed E-state index contributed by atoms with van der Waals surface area (Å²) in [5.74, 6) is 1.82. The minimum Gasteiger partial charge on any atom is -0.494 e. The van der Waals surface area contributed by atoms with Crippen molar-refractivity contribution in [3.63, 3.8) is 0 Å². The molecule has 1 N–H and O–H groups in total. The standard InChI is InChI=1S/C18H19NO2/c1-3-20-16-10-8-15(9-11-16)19-13(2)18-12-14-6-4-5-7-17(14)21-18/h4-13,19H,3H2,1-2H3. The molecule has 1 heterocycles. The van der Waals surface area contributed by atoms with Crippen LogP contribution in [-0.4, -0.2) is 6.61 Å². The molecule has 0 aliphatic carbocycles. The molecule has 3 heteroatoms. The Labute approximate surface area is 124 Å². The SMILES string of the molecule is CCOc1ccc(NC(C)c2cc3ccccc3o2)cc1. The van der Waals surface area contributed by atoms with Gasteiger partial charge in [0, 0.05) is 11.1 Å². The van der Waals surface area contributed by atoms with E-state index >= 15 is 0 Å². The smallest absolute Gasteiger partial charge is 0.134 e. The highest BCUT2D eigenvalue weighted by Crippen LogP contribution is 2.26. The van der Waals surface area contributed by atoms with Crippen LogP contribution in [0.3, 0.4) is 0 Å². The highest BCUT2D eigenvalue weighted by atomic mass is 16.5. The summed E-state index contributed by atoms with van der Waals surface area (Å²) in [4.78, 5) is 0. The molecule has 3 rings (SSSR count). The molecule has 0 aliphatic heterocycles. The van der Waals surface area contributed by atoms with Crippen LogP contribution in [0.25, 0.3) is 11.0 Å². The zero-order chi connectivity index (χ0) is 14.7. The predicted molar refractivity (Wildman–Crippen MR) is 85.9 cm³/mol. The number of nitrogens with one attached hydrogen (secondary N) is 1. The second kappa shape index (κ2) is 5.92. The van der Waals surface area contributed by atoms with Gasteiger partial charge in [-0.3, -0.25) is 0 Å². The number of furan rings is 1. The lowest BCUT2D eigenvalue weighted by Crippen LogP contribution is -2.05. The van der Waals surface area contributed by atoms with Crippen LogP contribution in [0.1, 0.15) is 25.6 Å². The van der Waals surface area contributed by atoms with E-state index in [1.807, 2.05) is 49.4 Å². The average Bonchev–Trinajstić information content (AvgIpc) is 2.94. The summed E-state index contributed by atoms with van der Waals surface area (Å²) in [7, 11) is 0. The van der Waals surface area contributed by atoms with Crippen molar-refractivity contribution in [2.24, 2.45) is 0 Å². The van der Waals surface area contributed by atoms with E-state index in [0.717, 1.165) is 28.2 Å². The van der Waals surface area contributed by atoms with E-state index in [2.05, 4.69) is 24.4 Å². The Bertz CT molecular complexity index is 682.